The third kappa shape index (κ3) is 5.41. The Morgan fingerprint density at radius 3 is 2.15 bits per heavy atom. The molecular weight excluding hydrogens is 459 g/mol. The summed E-state index contributed by atoms with van der Waals surface area (Å²) in [5, 5.41) is 8.13. The molecule has 176 valence electrons. The number of benzene rings is 3. The van der Waals surface area contributed by atoms with Crippen molar-refractivity contribution < 1.29 is 22.4 Å². The van der Waals surface area contributed by atoms with Crippen LogP contribution in [0.1, 0.15) is 12.8 Å². The summed E-state index contributed by atoms with van der Waals surface area (Å²) in [7, 11) is -3.96. The van der Waals surface area contributed by atoms with Crippen molar-refractivity contribution in [3.63, 3.8) is 0 Å². The van der Waals surface area contributed by atoms with Crippen molar-refractivity contribution in [2.24, 2.45) is 0 Å². The quantitative estimate of drug-likeness (QED) is 0.488. The van der Waals surface area contributed by atoms with Gasteiger partial charge >= 0.3 is 6.03 Å². The van der Waals surface area contributed by atoms with Crippen molar-refractivity contribution in [1.29, 1.82) is 0 Å². The molecular formula is C24H23FN4O4S. The van der Waals surface area contributed by atoms with E-state index in [-0.39, 0.29) is 11.4 Å². The van der Waals surface area contributed by atoms with Gasteiger partial charge in [0.2, 0.25) is 15.9 Å². The number of amides is 3. The van der Waals surface area contributed by atoms with Crippen molar-refractivity contribution in [3.05, 3.63) is 84.7 Å². The molecule has 0 saturated carbocycles. The minimum atomic E-state index is -3.96. The average Bonchev–Trinajstić information content (AvgIpc) is 3.31. The monoisotopic (exact) mass is 482 g/mol. The SMILES string of the molecule is O=C(Nc1ccccc1)Nc1cccc(NC(=O)[C@@H]2CCCN2S(=O)(=O)c2ccc(F)cc2)c1. The first-order valence-electron chi connectivity index (χ1n) is 10.6. The minimum absolute atomic E-state index is 0.0655. The van der Waals surface area contributed by atoms with Crippen LogP contribution in [0.4, 0.5) is 26.2 Å². The lowest BCUT2D eigenvalue weighted by atomic mass is 10.2. The van der Waals surface area contributed by atoms with Crippen LogP contribution in [0.5, 0.6) is 0 Å². The normalized spacial score (nSPS) is 16.1. The summed E-state index contributed by atoms with van der Waals surface area (Å²) >= 11 is 0. The van der Waals surface area contributed by atoms with Gasteiger partial charge in [0.1, 0.15) is 11.9 Å². The highest BCUT2D eigenvalue weighted by molar-refractivity contribution is 7.89. The second kappa shape index (κ2) is 10.0. The Morgan fingerprint density at radius 1 is 0.824 bits per heavy atom. The Kier molecular flexibility index (Phi) is 6.90. The number of hydrogen-bond acceptors (Lipinski definition) is 4. The number of halogens is 1. The van der Waals surface area contributed by atoms with Crippen molar-refractivity contribution in [2.75, 3.05) is 22.5 Å². The Labute approximate surface area is 196 Å². The topological polar surface area (TPSA) is 108 Å². The molecule has 3 amide bonds. The number of sulfonamides is 1. The summed E-state index contributed by atoms with van der Waals surface area (Å²) in [5.74, 6) is -1.02. The maximum Gasteiger partial charge on any atom is 0.323 e. The number of nitrogens with one attached hydrogen (secondary N) is 3. The molecule has 10 heteroatoms. The molecule has 0 spiro atoms. The molecule has 3 N–H and O–H groups in total. The number of para-hydroxylation sites is 1. The molecule has 0 radical (unpaired) electrons. The van der Waals surface area contributed by atoms with Crippen LogP contribution in [-0.2, 0) is 14.8 Å². The van der Waals surface area contributed by atoms with Gasteiger partial charge in [0.05, 0.1) is 4.90 Å². The van der Waals surface area contributed by atoms with Crippen LogP contribution < -0.4 is 16.0 Å². The van der Waals surface area contributed by atoms with Crippen molar-refractivity contribution in [1.82, 2.24) is 4.31 Å². The third-order valence-electron chi connectivity index (χ3n) is 5.35. The number of carbonyl (C=O) groups excluding carboxylic acids is 2. The maximum atomic E-state index is 13.2. The molecule has 0 aromatic heterocycles. The van der Waals surface area contributed by atoms with Gasteiger partial charge in [-0.1, -0.05) is 24.3 Å². The highest BCUT2D eigenvalue weighted by atomic mass is 32.2. The first-order chi connectivity index (χ1) is 16.3. The molecule has 1 aliphatic rings. The van der Waals surface area contributed by atoms with Crippen molar-refractivity contribution >= 4 is 39.0 Å². The highest BCUT2D eigenvalue weighted by Crippen LogP contribution is 2.27. The van der Waals surface area contributed by atoms with Gasteiger partial charge in [-0.15, -0.1) is 0 Å². The fourth-order valence-corrected chi connectivity index (χ4v) is 5.40. The van der Waals surface area contributed by atoms with Crippen LogP contribution in [0.15, 0.2) is 83.8 Å². The molecule has 3 aromatic carbocycles. The van der Waals surface area contributed by atoms with Crippen LogP contribution in [-0.4, -0.2) is 37.2 Å². The van der Waals surface area contributed by atoms with Gasteiger partial charge in [-0.05, 0) is 67.4 Å². The molecule has 1 heterocycles. The van der Waals surface area contributed by atoms with Gasteiger partial charge in [-0.2, -0.15) is 4.31 Å². The molecule has 3 aromatic rings. The van der Waals surface area contributed by atoms with Crippen molar-refractivity contribution in [3.8, 4) is 0 Å². The van der Waals surface area contributed by atoms with E-state index in [2.05, 4.69) is 16.0 Å². The number of nitrogens with zero attached hydrogens (tertiary/aromatic N) is 1. The summed E-state index contributed by atoms with van der Waals surface area (Å²) in [6.07, 6.45) is 0.892. The lowest BCUT2D eigenvalue weighted by Gasteiger charge is -2.23. The molecule has 34 heavy (non-hydrogen) atoms. The number of rotatable bonds is 6. The van der Waals surface area contributed by atoms with Gasteiger partial charge < -0.3 is 16.0 Å². The smallest absolute Gasteiger partial charge is 0.323 e. The van der Waals surface area contributed by atoms with Crippen molar-refractivity contribution in [2.45, 2.75) is 23.8 Å². The molecule has 1 aliphatic heterocycles. The van der Waals surface area contributed by atoms with Gasteiger partial charge in [0.25, 0.3) is 0 Å². The number of urea groups is 1. The maximum absolute atomic E-state index is 13.2. The van der Waals surface area contributed by atoms with Gasteiger partial charge in [-0.25, -0.2) is 17.6 Å². The zero-order valence-corrected chi connectivity index (χ0v) is 18.9. The van der Waals surface area contributed by atoms with Crippen LogP contribution in [0.3, 0.4) is 0 Å². The second-order valence-corrected chi connectivity index (χ2v) is 9.63. The van der Waals surface area contributed by atoms with Gasteiger partial charge in [0, 0.05) is 23.6 Å². The molecule has 1 atom stereocenters. The standard InChI is InChI=1S/C24H23FN4O4S/c25-17-11-13-21(14-12-17)34(32,33)29-15-5-10-22(29)23(30)26-19-8-4-9-20(16-19)28-24(31)27-18-6-2-1-3-7-18/h1-4,6-9,11-14,16,22H,5,10,15H2,(H,26,30)(H2,27,28,31)/t22-/m0/s1. The van der Waals surface area contributed by atoms with E-state index in [1.807, 2.05) is 6.07 Å². The van der Waals surface area contributed by atoms with E-state index in [0.29, 0.717) is 29.9 Å². The van der Waals surface area contributed by atoms with Crippen LogP contribution in [0.25, 0.3) is 0 Å². The first kappa shape index (κ1) is 23.4. The Bertz CT molecular complexity index is 1280. The fourth-order valence-electron chi connectivity index (χ4n) is 3.75. The summed E-state index contributed by atoms with van der Waals surface area (Å²) < 4.78 is 40.4. The summed E-state index contributed by atoms with van der Waals surface area (Å²) in [6.45, 7) is 0.194. The minimum Gasteiger partial charge on any atom is -0.325 e. The third-order valence-corrected chi connectivity index (χ3v) is 7.27. The van der Waals surface area contributed by atoms with E-state index in [4.69, 9.17) is 0 Å². The summed E-state index contributed by atoms with van der Waals surface area (Å²) in [4.78, 5) is 25.1. The van der Waals surface area contributed by atoms with E-state index < -0.39 is 33.8 Å². The second-order valence-electron chi connectivity index (χ2n) is 7.74. The lowest BCUT2D eigenvalue weighted by Crippen LogP contribution is -2.43. The molecule has 8 nitrogen and oxygen atoms in total. The molecule has 0 bridgehead atoms. The molecule has 1 fully saturated rings. The molecule has 4 rings (SSSR count). The van der Waals surface area contributed by atoms with E-state index in [1.165, 1.54) is 12.1 Å². The Hall–Kier alpha value is -3.76. The number of hydrogen-bond donors (Lipinski definition) is 3. The first-order valence-corrected chi connectivity index (χ1v) is 12.1. The molecule has 1 saturated heterocycles. The Morgan fingerprint density at radius 2 is 1.44 bits per heavy atom. The van der Waals surface area contributed by atoms with E-state index in [9.17, 15) is 22.4 Å². The van der Waals surface area contributed by atoms with Gasteiger partial charge in [-0.3, -0.25) is 4.79 Å². The van der Waals surface area contributed by atoms with Crippen LogP contribution in [0.2, 0.25) is 0 Å². The highest BCUT2D eigenvalue weighted by Gasteiger charge is 2.39. The Balaban J connectivity index is 1.43. The number of carbonyl (C=O) groups is 2. The van der Waals surface area contributed by atoms with Gasteiger partial charge in [0.15, 0.2) is 0 Å². The fraction of sp³-hybridized carbons (Fsp3) is 0.167. The predicted octanol–water partition coefficient (Wildman–Crippen LogP) is 4.26. The van der Waals surface area contributed by atoms with Crippen LogP contribution in [0, 0.1) is 5.82 Å². The van der Waals surface area contributed by atoms with Crippen LogP contribution >= 0.6 is 0 Å². The predicted molar refractivity (Wildman–Crippen MR) is 127 cm³/mol. The summed E-state index contributed by atoms with van der Waals surface area (Å²) in [5.41, 5.74) is 1.50. The van der Waals surface area contributed by atoms with E-state index >= 15 is 0 Å². The zero-order valence-electron chi connectivity index (χ0n) is 18.1. The average molecular weight is 483 g/mol. The lowest BCUT2D eigenvalue weighted by molar-refractivity contribution is -0.119. The largest absolute Gasteiger partial charge is 0.325 e. The molecule has 0 aliphatic carbocycles. The summed E-state index contributed by atoms with van der Waals surface area (Å²) in [6, 6.07) is 18.7. The zero-order chi connectivity index (χ0) is 24.1. The molecule has 0 unspecified atom stereocenters. The van der Waals surface area contributed by atoms with E-state index in [0.717, 1.165) is 16.4 Å². The van der Waals surface area contributed by atoms with E-state index in [1.54, 1.807) is 48.5 Å². The number of anilines is 3.